The van der Waals surface area contributed by atoms with E-state index in [0.29, 0.717) is 52.9 Å². The van der Waals surface area contributed by atoms with Crippen molar-refractivity contribution in [3.05, 3.63) is 107 Å². The highest BCUT2D eigenvalue weighted by Crippen LogP contribution is 2.29. The van der Waals surface area contributed by atoms with Crippen LogP contribution in [0.2, 0.25) is 5.02 Å². The topological polar surface area (TPSA) is 160 Å². The number of fused-ring (bicyclic) bond motifs is 2. The summed E-state index contributed by atoms with van der Waals surface area (Å²) in [5.74, 6) is -0.448. The zero-order valence-electron chi connectivity index (χ0n) is 25.8. The van der Waals surface area contributed by atoms with E-state index in [0.717, 1.165) is 21.5 Å². The second-order valence-corrected chi connectivity index (χ2v) is 11.3. The van der Waals surface area contributed by atoms with Gasteiger partial charge in [-0.25, -0.2) is 14.9 Å². The number of benzene rings is 5. The Morgan fingerprint density at radius 2 is 1.36 bits per heavy atom. The van der Waals surface area contributed by atoms with Gasteiger partial charge < -0.3 is 31.0 Å². The number of amides is 2. The van der Waals surface area contributed by atoms with Crippen molar-refractivity contribution in [1.82, 2.24) is 5.32 Å². The molecule has 0 bridgehead atoms. The van der Waals surface area contributed by atoms with Crippen LogP contribution in [0.3, 0.4) is 0 Å². The molecule has 0 aliphatic carbocycles. The van der Waals surface area contributed by atoms with Gasteiger partial charge in [0.25, 0.3) is 5.91 Å². The molecule has 0 aromatic heterocycles. The van der Waals surface area contributed by atoms with Gasteiger partial charge >= 0.3 is 11.9 Å². The number of ether oxygens (including phenoxy) is 3. The molecule has 7 N–H and O–H groups in total. The van der Waals surface area contributed by atoms with Crippen LogP contribution in [-0.2, 0) is 4.79 Å². The molecule has 0 aliphatic heterocycles. The Morgan fingerprint density at radius 1 is 0.787 bits per heavy atom. The van der Waals surface area contributed by atoms with Crippen LogP contribution in [0.1, 0.15) is 34.1 Å². The van der Waals surface area contributed by atoms with Crippen molar-refractivity contribution in [2.75, 3.05) is 26.3 Å². The first-order chi connectivity index (χ1) is 22.7. The molecule has 0 radical (unpaired) electrons. The molecule has 0 saturated carbocycles. The van der Waals surface area contributed by atoms with E-state index in [2.05, 4.69) is 5.32 Å². The SMILES string of the molecule is C[C@H](N)C(=O)Oc1cc(Cl)ccc1[NH2+]C(=O)c1cc2ccccc2cc1OCCNC(=O)c1cc2ccccc2cc1OCCCN. The summed E-state index contributed by atoms with van der Waals surface area (Å²) in [5, 5.41) is 8.15. The van der Waals surface area contributed by atoms with Crippen molar-refractivity contribution in [3.63, 3.8) is 0 Å². The van der Waals surface area contributed by atoms with Gasteiger partial charge in [0, 0.05) is 17.2 Å². The fraction of sp³-hybridized carbons (Fsp3) is 0.194. The van der Waals surface area contributed by atoms with Gasteiger partial charge in [0.15, 0.2) is 11.4 Å². The van der Waals surface area contributed by atoms with Crippen LogP contribution < -0.4 is 36.3 Å². The van der Waals surface area contributed by atoms with Crippen LogP contribution in [0.15, 0.2) is 91.0 Å². The number of halogens is 1. The molecule has 0 heterocycles. The number of rotatable bonds is 13. The second kappa shape index (κ2) is 15.5. The maximum atomic E-state index is 13.7. The third kappa shape index (κ3) is 8.43. The standard InChI is InChI=1S/C36H35ClN4O6/c1-22(39)36(44)47-33-21-27(37)11-12-30(33)41-35(43)29-18-24-8-3-5-10-26(24)20-32(29)46-16-14-40-34(42)28-17-23-7-2-4-9-25(23)19-31(28)45-15-6-13-38/h2-5,7-12,17-22H,6,13-16,38-39H2,1H3,(H,40,42)(H,41,43)/p+1/t22-/m0/s1. The van der Waals surface area contributed by atoms with Crippen molar-refractivity contribution in [2.24, 2.45) is 11.5 Å². The van der Waals surface area contributed by atoms with E-state index in [1.54, 1.807) is 30.3 Å². The summed E-state index contributed by atoms with van der Waals surface area (Å²) in [7, 11) is 0. The van der Waals surface area contributed by atoms with Crippen molar-refractivity contribution < 1.29 is 33.9 Å². The Kier molecular flexibility index (Phi) is 11.0. The molecule has 242 valence electrons. The Labute approximate surface area is 276 Å². The summed E-state index contributed by atoms with van der Waals surface area (Å²) >= 11 is 6.14. The number of hydrogen-bond donors (Lipinski definition) is 4. The Morgan fingerprint density at radius 3 is 1.98 bits per heavy atom. The first-order valence-electron chi connectivity index (χ1n) is 15.2. The van der Waals surface area contributed by atoms with E-state index >= 15 is 0 Å². The second-order valence-electron chi connectivity index (χ2n) is 10.9. The highest BCUT2D eigenvalue weighted by molar-refractivity contribution is 6.30. The van der Waals surface area contributed by atoms with E-state index in [4.69, 9.17) is 37.3 Å². The molecule has 0 unspecified atom stereocenters. The van der Waals surface area contributed by atoms with Crippen molar-refractivity contribution in [2.45, 2.75) is 19.4 Å². The Bertz CT molecular complexity index is 1930. The fourth-order valence-corrected chi connectivity index (χ4v) is 5.03. The summed E-state index contributed by atoms with van der Waals surface area (Å²) in [4.78, 5) is 39.2. The highest BCUT2D eigenvalue weighted by Gasteiger charge is 2.23. The molecular weight excluding hydrogens is 620 g/mol. The van der Waals surface area contributed by atoms with Gasteiger partial charge in [-0.2, -0.15) is 0 Å². The van der Waals surface area contributed by atoms with Gasteiger partial charge in [-0.1, -0.05) is 60.1 Å². The number of carbonyl (C=O) groups excluding carboxylic acids is 3. The lowest BCUT2D eigenvalue weighted by molar-refractivity contribution is -0.464. The number of hydrogen-bond acceptors (Lipinski definition) is 8. The third-order valence-corrected chi connectivity index (χ3v) is 7.54. The molecule has 0 spiro atoms. The zero-order chi connectivity index (χ0) is 33.3. The molecule has 0 fully saturated rings. The lowest BCUT2D eigenvalue weighted by atomic mass is 10.0. The van der Waals surface area contributed by atoms with E-state index < -0.39 is 12.0 Å². The average Bonchev–Trinajstić information content (AvgIpc) is 3.07. The molecule has 0 aliphatic rings. The number of nitrogens with two attached hydrogens (primary N) is 3. The van der Waals surface area contributed by atoms with Crippen molar-refractivity contribution in [3.8, 4) is 17.2 Å². The smallest absolute Gasteiger partial charge is 0.351 e. The minimum Gasteiger partial charge on any atom is -0.493 e. The molecule has 5 rings (SSSR count). The monoisotopic (exact) mass is 655 g/mol. The van der Waals surface area contributed by atoms with E-state index in [-0.39, 0.29) is 30.7 Å². The van der Waals surface area contributed by atoms with Gasteiger partial charge in [0.05, 0.1) is 18.7 Å². The van der Waals surface area contributed by atoms with Crippen LogP contribution in [0.4, 0.5) is 5.69 Å². The molecule has 11 heteroatoms. The van der Waals surface area contributed by atoms with E-state index in [1.807, 2.05) is 54.6 Å². The minimum absolute atomic E-state index is 0.0828. The molecule has 2 amide bonds. The maximum Gasteiger partial charge on any atom is 0.351 e. The van der Waals surface area contributed by atoms with Gasteiger partial charge in [0.2, 0.25) is 0 Å². The van der Waals surface area contributed by atoms with Gasteiger partial charge in [-0.3, -0.25) is 4.79 Å². The quantitative estimate of drug-likeness (QED) is 0.0626. The van der Waals surface area contributed by atoms with Crippen molar-refractivity contribution in [1.29, 1.82) is 0 Å². The predicted octanol–water partition coefficient (Wildman–Crippen LogP) is 4.47. The summed E-state index contributed by atoms with van der Waals surface area (Å²) in [5.41, 5.74) is 12.3. The minimum atomic E-state index is -0.866. The molecule has 47 heavy (non-hydrogen) atoms. The summed E-state index contributed by atoms with van der Waals surface area (Å²) in [6.07, 6.45) is 0.656. The van der Waals surface area contributed by atoms with Gasteiger partial charge in [-0.05, 0) is 71.8 Å². The fourth-order valence-electron chi connectivity index (χ4n) is 4.87. The normalized spacial score (nSPS) is 11.7. The average molecular weight is 656 g/mol. The van der Waals surface area contributed by atoms with Crippen LogP contribution in [-0.4, -0.2) is 50.1 Å². The third-order valence-electron chi connectivity index (χ3n) is 7.30. The van der Waals surface area contributed by atoms with Crippen LogP contribution in [0.25, 0.3) is 21.5 Å². The van der Waals surface area contributed by atoms with Crippen LogP contribution in [0, 0.1) is 0 Å². The zero-order valence-corrected chi connectivity index (χ0v) is 26.6. The number of primary amides is 1. The molecule has 1 atom stereocenters. The first kappa shape index (κ1) is 33.4. The Hall–Kier alpha value is -5.00. The first-order valence-corrected chi connectivity index (χ1v) is 15.6. The largest absolute Gasteiger partial charge is 0.493 e. The molecular formula is C36H36ClN4O6+. The summed E-state index contributed by atoms with van der Waals surface area (Å²) in [6, 6.07) is 26.2. The molecule has 0 saturated heterocycles. The number of nitrogens with one attached hydrogen (secondary N) is 1. The molecule has 10 nitrogen and oxygen atoms in total. The van der Waals surface area contributed by atoms with E-state index in [1.165, 1.54) is 18.3 Å². The van der Waals surface area contributed by atoms with Gasteiger partial charge in [0.1, 0.15) is 29.7 Å². The van der Waals surface area contributed by atoms with Crippen LogP contribution in [0.5, 0.6) is 17.2 Å². The summed E-state index contributed by atoms with van der Waals surface area (Å²) < 4.78 is 17.4. The highest BCUT2D eigenvalue weighted by atomic mass is 35.5. The number of carbonyl (C=O) groups is 3. The molecule has 5 aromatic carbocycles. The van der Waals surface area contributed by atoms with Crippen molar-refractivity contribution >= 4 is 56.6 Å². The predicted molar refractivity (Wildman–Crippen MR) is 182 cm³/mol. The number of quaternary nitrogens is 1. The number of esters is 1. The van der Waals surface area contributed by atoms with Crippen LogP contribution >= 0.6 is 11.6 Å². The lowest BCUT2D eigenvalue weighted by Crippen LogP contribution is -2.82. The summed E-state index contributed by atoms with van der Waals surface area (Å²) in [6.45, 7) is 2.61. The van der Waals surface area contributed by atoms with Gasteiger partial charge in [-0.15, -0.1) is 0 Å². The lowest BCUT2D eigenvalue weighted by Gasteiger charge is -2.15. The Balaban J connectivity index is 1.32. The molecule has 5 aromatic rings. The van der Waals surface area contributed by atoms with E-state index in [9.17, 15) is 14.4 Å². The maximum absolute atomic E-state index is 13.7.